The van der Waals surface area contributed by atoms with E-state index in [1.807, 2.05) is 0 Å². The number of hydrogen-bond acceptors (Lipinski definition) is 3. The van der Waals surface area contributed by atoms with Gasteiger partial charge in [0.25, 0.3) is 0 Å². The summed E-state index contributed by atoms with van der Waals surface area (Å²) in [6, 6.07) is 0. The third kappa shape index (κ3) is 2.70. The van der Waals surface area contributed by atoms with E-state index in [0.717, 1.165) is 13.1 Å². The average Bonchev–Trinajstić information content (AvgIpc) is 1.96. The fourth-order valence-electron chi connectivity index (χ4n) is 1.22. The van der Waals surface area contributed by atoms with Gasteiger partial charge in [-0.05, 0) is 32.9 Å². The van der Waals surface area contributed by atoms with E-state index in [1.165, 1.54) is 0 Å². The van der Waals surface area contributed by atoms with Crippen molar-refractivity contribution in [1.82, 2.24) is 10.6 Å². The van der Waals surface area contributed by atoms with Crippen LogP contribution in [0.2, 0.25) is 0 Å². The molecular weight excluding hydrogens is 182 g/mol. The van der Waals surface area contributed by atoms with Gasteiger partial charge in [-0.25, -0.2) is 0 Å². The summed E-state index contributed by atoms with van der Waals surface area (Å²) >= 11 is 0. The van der Waals surface area contributed by atoms with E-state index in [-0.39, 0.29) is 5.91 Å². The summed E-state index contributed by atoms with van der Waals surface area (Å²) in [6.45, 7) is 4.97. The Morgan fingerprint density at radius 3 is 2.43 bits per heavy atom. The molecule has 0 spiro atoms. The molecule has 1 aliphatic heterocycles. The molecule has 0 atom stereocenters. The fraction of sp³-hybridized carbons (Fsp3) is 0.778. The summed E-state index contributed by atoms with van der Waals surface area (Å²) < 4.78 is 0. The average molecular weight is 199 g/mol. The highest BCUT2D eigenvalue weighted by molar-refractivity contribution is 5.89. The molecular formula is C9H17N3O2. The fourth-order valence-corrected chi connectivity index (χ4v) is 1.22. The van der Waals surface area contributed by atoms with E-state index in [2.05, 4.69) is 10.6 Å². The molecule has 0 aromatic rings. The summed E-state index contributed by atoms with van der Waals surface area (Å²) in [5.41, 5.74) is 4.18. The number of carbonyl (C=O) groups excluding carboxylic acids is 2. The Hall–Kier alpha value is -1.10. The molecule has 1 rings (SSSR count). The molecule has 14 heavy (non-hydrogen) atoms. The van der Waals surface area contributed by atoms with Gasteiger partial charge in [0.2, 0.25) is 11.8 Å². The molecule has 1 fully saturated rings. The van der Waals surface area contributed by atoms with Crippen molar-refractivity contribution in [3.05, 3.63) is 0 Å². The third-order valence-electron chi connectivity index (χ3n) is 2.41. The molecule has 0 saturated carbocycles. The van der Waals surface area contributed by atoms with Gasteiger partial charge in [0.1, 0.15) is 5.54 Å². The van der Waals surface area contributed by atoms with E-state index >= 15 is 0 Å². The summed E-state index contributed by atoms with van der Waals surface area (Å²) in [5.74, 6) is -0.225. The summed E-state index contributed by atoms with van der Waals surface area (Å²) in [5, 5.41) is 5.69. The standard InChI is InChI=1S/C9H17N3O2/c1-9(2,8(10)14)12-7(13)3-6-4-11-5-6/h6,11H,3-5H2,1-2H3,(H2,10,14)(H,12,13). The van der Waals surface area contributed by atoms with E-state index in [1.54, 1.807) is 13.8 Å². The van der Waals surface area contributed by atoms with E-state index in [4.69, 9.17) is 5.73 Å². The molecule has 0 radical (unpaired) electrons. The minimum atomic E-state index is -0.950. The quantitative estimate of drug-likeness (QED) is 0.541. The number of nitrogens with one attached hydrogen (secondary N) is 2. The molecule has 0 unspecified atom stereocenters. The molecule has 2 amide bonds. The molecule has 80 valence electrons. The van der Waals surface area contributed by atoms with Crippen molar-refractivity contribution in [2.45, 2.75) is 25.8 Å². The van der Waals surface area contributed by atoms with E-state index in [9.17, 15) is 9.59 Å². The zero-order chi connectivity index (χ0) is 10.8. The molecule has 1 aliphatic rings. The van der Waals surface area contributed by atoms with Crippen LogP contribution in [0.1, 0.15) is 20.3 Å². The maximum atomic E-state index is 11.4. The van der Waals surface area contributed by atoms with Crippen LogP contribution in [0.25, 0.3) is 0 Å². The smallest absolute Gasteiger partial charge is 0.242 e. The van der Waals surface area contributed by atoms with Crippen LogP contribution < -0.4 is 16.4 Å². The largest absolute Gasteiger partial charge is 0.368 e. The molecule has 0 aromatic heterocycles. The van der Waals surface area contributed by atoms with Gasteiger partial charge in [-0.2, -0.15) is 0 Å². The van der Waals surface area contributed by atoms with Crippen molar-refractivity contribution in [2.24, 2.45) is 11.7 Å². The van der Waals surface area contributed by atoms with Gasteiger partial charge in [0.05, 0.1) is 0 Å². The first kappa shape index (κ1) is 11.0. The Balaban J connectivity index is 2.35. The highest BCUT2D eigenvalue weighted by Crippen LogP contribution is 2.09. The maximum absolute atomic E-state index is 11.4. The Bertz CT molecular complexity index is 246. The van der Waals surface area contributed by atoms with Gasteiger partial charge in [-0.15, -0.1) is 0 Å². The van der Waals surface area contributed by atoms with Crippen LogP contribution in [0.15, 0.2) is 0 Å². The molecule has 0 aromatic carbocycles. The lowest BCUT2D eigenvalue weighted by Gasteiger charge is -2.28. The summed E-state index contributed by atoms with van der Waals surface area (Å²) in [7, 11) is 0. The van der Waals surface area contributed by atoms with Crippen LogP contribution in [0.4, 0.5) is 0 Å². The first-order valence-electron chi connectivity index (χ1n) is 4.73. The zero-order valence-electron chi connectivity index (χ0n) is 8.59. The highest BCUT2D eigenvalue weighted by atomic mass is 16.2. The summed E-state index contributed by atoms with van der Waals surface area (Å²) in [6.07, 6.45) is 0.462. The monoisotopic (exact) mass is 199 g/mol. The minimum absolute atomic E-state index is 0.111. The van der Waals surface area contributed by atoms with Gasteiger partial charge in [0.15, 0.2) is 0 Å². The van der Waals surface area contributed by atoms with Crippen molar-refractivity contribution in [2.75, 3.05) is 13.1 Å². The van der Waals surface area contributed by atoms with Crippen LogP contribution in [0.5, 0.6) is 0 Å². The van der Waals surface area contributed by atoms with Crippen molar-refractivity contribution < 1.29 is 9.59 Å². The zero-order valence-corrected chi connectivity index (χ0v) is 8.59. The molecule has 1 heterocycles. The molecule has 1 saturated heterocycles. The molecule has 0 aliphatic carbocycles. The highest BCUT2D eigenvalue weighted by Gasteiger charge is 2.28. The molecule has 4 N–H and O–H groups in total. The van der Waals surface area contributed by atoms with Gasteiger partial charge in [0, 0.05) is 6.42 Å². The van der Waals surface area contributed by atoms with Gasteiger partial charge < -0.3 is 16.4 Å². The number of hydrogen-bond donors (Lipinski definition) is 3. The third-order valence-corrected chi connectivity index (χ3v) is 2.41. The molecule has 5 nitrogen and oxygen atoms in total. The molecule has 5 heteroatoms. The summed E-state index contributed by atoms with van der Waals surface area (Å²) in [4.78, 5) is 22.3. The first-order chi connectivity index (χ1) is 6.42. The Morgan fingerprint density at radius 2 is 2.07 bits per heavy atom. The van der Waals surface area contributed by atoms with Gasteiger partial charge in [-0.1, -0.05) is 0 Å². The lowest BCUT2D eigenvalue weighted by Crippen LogP contribution is -2.54. The number of carbonyl (C=O) groups is 2. The van der Waals surface area contributed by atoms with Crippen LogP contribution in [0.3, 0.4) is 0 Å². The van der Waals surface area contributed by atoms with Crippen LogP contribution in [0, 0.1) is 5.92 Å². The SMILES string of the molecule is CC(C)(NC(=O)CC1CNC1)C(N)=O. The second kappa shape index (κ2) is 3.96. The van der Waals surface area contributed by atoms with E-state index < -0.39 is 11.4 Å². The normalized spacial score (nSPS) is 17.3. The lowest BCUT2D eigenvalue weighted by molar-refractivity contribution is -0.131. The topological polar surface area (TPSA) is 84.2 Å². The van der Waals surface area contributed by atoms with Crippen molar-refractivity contribution in [3.63, 3.8) is 0 Å². The van der Waals surface area contributed by atoms with Crippen LogP contribution in [-0.4, -0.2) is 30.4 Å². The number of rotatable bonds is 4. The van der Waals surface area contributed by atoms with Gasteiger partial charge >= 0.3 is 0 Å². The number of amides is 2. The van der Waals surface area contributed by atoms with Crippen LogP contribution in [-0.2, 0) is 9.59 Å². The Kier molecular flexibility index (Phi) is 3.10. The number of primary amides is 1. The minimum Gasteiger partial charge on any atom is -0.368 e. The lowest BCUT2D eigenvalue weighted by atomic mass is 9.97. The Labute approximate surface area is 83.4 Å². The predicted octanol–water partition coefficient (Wildman–Crippen LogP) is -1.02. The Morgan fingerprint density at radius 1 is 1.50 bits per heavy atom. The van der Waals surface area contributed by atoms with Crippen molar-refractivity contribution in [1.29, 1.82) is 0 Å². The predicted molar refractivity (Wildman–Crippen MR) is 52.4 cm³/mol. The maximum Gasteiger partial charge on any atom is 0.242 e. The molecule has 0 bridgehead atoms. The second-order valence-electron chi connectivity index (χ2n) is 4.27. The number of nitrogens with two attached hydrogens (primary N) is 1. The first-order valence-corrected chi connectivity index (χ1v) is 4.73. The van der Waals surface area contributed by atoms with Crippen molar-refractivity contribution >= 4 is 11.8 Å². The van der Waals surface area contributed by atoms with E-state index in [0.29, 0.717) is 12.3 Å². The van der Waals surface area contributed by atoms with Crippen molar-refractivity contribution in [3.8, 4) is 0 Å². The van der Waals surface area contributed by atoms with Crippen LogP contribution >= 0.6 is 0 Å². The second-order valence-corrected chi connectivity index (χ2v) is 4.27. The van der Waals surface area contributed by atoms with Gasteiger partial charge in [-0.3, -0.25) is 9.59 Å².